The molecule has 1 saturated carbocycles. The first-order chi connectivity index (χ1) is 17.7. The van der Waals surface area contributed by atoms with Gasteiger partial charge in [-0.2, -0.15) is 0 Å². The summed E-state index contributed by atoms with van der Waals surface area (Å²) in [4.78, 5) is 27.3. The Hall–Kier alpha value is -4.07. The Kier molecular flexibility index (Phi) is 6.50. The maximum Gasteiger partial charge on any atom is 0.341 e. The van der Waals surface area contributed by atoms with Crippen molar-refractivity contribution >= 4 is 34.4 Å². The average Bonchev–Trinajstić information content (AvgIpc) is 3.49. The lowest BCUT2D eigenvalue weighted by Crippen LogP contribution is -2.43. The van der Waals surface area contributed by atoms with Crippen molar-refractivity contribution in [3.63, 3.8) is 0 Å². The summed E-state index contributed by atoms with van der Waals surface area (Å²) in [6.07, 6.45) is 5.13. The standard InChI is InChI=1S/C29H32N4O4/c1-17(2)33(28(34)20-6-4-18(3)5-7-20)27-24(29(35)36)16-32(31-27)23-12-9-19(10-13-23)25-14-21-8-11-22(30)15-26(21)37-25/h8-18,20H,4-7,30H2,1-3H3,(H,35,36)/t18-,20-. The number of nitrogen functional groups attached to an aromatic ring is 1. The van der Waals surface area contributed by atoms with Crippen molar-refractivity contribution in [3.8, 4) is 17.0 Å². The molecule has 1 aliphatic rings. The average molecular weight is 501 g/mol. The van der Waals surface area contributed by atoms with Crippen LogP contribution in [0.15, 0.2) is 59.1 Å². The Balaban J connectivity index is 1.46. The lowest BCUT2D eigenvalue weighted by atomic mass is 9.82. The highest BCUT2D eigenvalue weighted by Gasteiger charge is 2.34. The molecular weight excluding hydrogens is 468 g/mol. The number of carboxylic acids is 1. The second-order valence-corrected chi connectivity index (χ2v) is 10.3. The molecule has 8 nitrogen and oxygen atoms in total. The van der Waals surface area contributed by atoms with Crippen molar-refractivity contribution in [3.05, 3.63) is 60.3 Å². The van der Waals surface area contributed by atoms with E-state index in [0.717, 1.165) is 36.6 Å². The van der Waals surface area contributed by atoms with Crippen molar-refractivity contribution in [1.29, 1.82) is 0 Å². The lowest BCUT2D eigenvalue weighted by Gasteiger charge is -2.32. The summed E-state index contributed by atoms with van der Waals surface area (Å²) < 4.78 is 7.48. The highest BCUT2D eigenvalue weighted by molar-refractivity contribution is 6.01. The van der Waals surface area contributed by atoms with Crippen LogP contribution in [0.4, 0.5) is 11.5 Å². The quantitative estimate of drug-likeness (QED) is 0.308. The normalized spacial score (nSPS) is 17.8. The molecule has 8 heteroatoms. The molecule has 0 atom stereocenters. The summed E-state index contributed by atoms with van der Waals surface area (Å²) in [7, 11) is 0. The maximum atomic E-state index is 13.5. The predicted octanol–water partition coefficient (Wildman–Crippen LogP) is 6.13. The van der Waals surface area contributed by atoms with Crippen LogP contribution in [0.25, 0.3) is 28.0 Å². The van der Waals surface area contributed by atoms with Crippen LogP contribution in [-0.2, 0) is 4.79 Å². The zero-order valence-electron chi connectivity index (χ0n) is 21.3. The molecule has 0 radical (unpaired) electrons. The monoisotopic (exact) mass is 500 g/mol. The number of furan rings is 1. The van der Waals surface area contributed by atoms with E-state index in [-0.39, 0.29) is 29.2 Å². The fourth-order valence-corrected chi connectivity index (χ4v) is 5.10. The first kappa shape index (κ1) is 24.6. The van der Waals surface area contributed by atoms with Crippen LogP contribution in [0.1, 0.15) is 56.8 Å². The third-order valence-electron chi connectivity index (χ3n) is 7.23. The molecule has 5 rings (SSSR count). The minimum atomic E-state index is -1.12. The van der Waals surface area contributed by atoms with Gasteiger partial charge in [0.25, 0.3) is 0 Å². The van der Waals surface area contributed by atoms with Crippen LogP contribution in [0.2, 0.25) is 0 Å². The van der Waals surface area contributed by atoms with Gasteiger partial charge >= 0.3 is 5.97 Å². The van der Waals surface area contributed by atoms with Crippen LogP contribution >= 0.6 is 0 Å². The highest BCUT2D eigenvalue weighted by Crippen LogP contribution is 2.33. The smallest absolute Gasteiger partial charge is 0.341 e. The van der Waals surface area contributed by atoms with Gasteiger partial charge in [-0.1, -0.05) is 6.92 Å². The van der Waals surface area contributed by atoms with Crippen LogP contribution < -0.4 is 10.6 Å². The summed E-state index contributed by atoms with van der Waals surface area (Å²) in [6.45, 7) is 5.99. The van der Waals surface area contributed by atoms with Gasteiger partial charge in [0.2, 0.25) is 5.91 Å². The molecule has 37 heavy (non-hydrogen) atoms. The fourth-order valence-electron chi connectivity index (χ4n) is 5.10. The van der Waals surface area contributed by atoms with Crippen LogP contribution in [0.3, 0.4) is 0 Å². The number of aromatic carboxylic acids is 1. The highest BCUT2D eigenvalue weighted by atomic mass is 16.4. The van der Waals surface area contributed by atoms with Crippen molar-refractivity contribution in [2.45, 2.75) is 52.5 Å². The third-order valence-corrected chi connectivity index (χ3v) is 7.23. The van der Waals surface area contributed by atoms with Gasteiger partial charge in [-0.05, 0) is 87.9 Å². The topological polar surface area (TPSA) is 115 Å². The number of carbonyl (C=O) groups excluding carboxylic acids is 1. The predicted molar refractivity (Wildman–Crippen MR) is 144 cm³/mol. The number of anilines is 2. The molecule has 1 amide bonds. The number of rotatable bonds is 6. The molecular formula is C29H32N4O4. The summed E-state index contributed by atoms with van der Waals surface area (Å²) in [5.41, 5.74) is 8.77. The Morgan fingerprint density at radius 2 is 1.78 bits per heavy atom. The van der Waals surface area contributed by atoms with Crippen LogP contribution in [0.5, 0.6) is 0 Å². The first-order valence-corrected chi connectivity index (χ1v) is 12.8. The molecule has 0 aliphatic heterocycles. The largest absolute Gasteiger partial charge is 0.477 e. The molecule has 2 aromatic heterocycles. The van der Waals surface area contributed by atoms with E-state index in [2.05, 4.69) is 12.0 Å². The molecule has 2 aromatic carbocycles. The number of benzene rings is 2. The minimum Gasteiger partial charge on any atom is -0.477 e. The Labute approximate surface area is 215 Å². The lowest BCUT2D eigenvalue weighted by molar-refractivity contribution is -0.124. The Morgan fingerprint density at radius 3 is 2.43 bits per heavy atom. The number of hydrogen-bond acceptors (Lipinski definition) is 5. The van der Waals surface area contributed by atoms with Gasteiger partial charge in [0, 0.05) is 40.9 Å². The SMILES string of the molecule is CC(C)N(c1nn(-c2ccc(-c3cc4ccc(N)cc4o3)cc2)cc1C(=O)O)C(=O)[C@H]1CC[C@H](C)CC1. The van der Waals surface area contributed by atoms with Crippen molar-refractivity contribution in [2.24, 2.45) is 11.8 Å². The molecule has 2 heterocycles. The molecule has 1 aliphatic carbocycles. The molecule has 192 valence electrons. The molecule has 0 saturated heterocycles. The van der Waals surface area contributed by atoms with E-state index < -0.39 is 5.97 Å². The fraction of sp³-hybridized carbons (Fsp3) is 0.345. The van der Waals surface area contributed by atoms with E-state index >= 15 is 0 Å². The van der Waals surface area contributed by atoms with Crippen LogP contribution in [-0.4, -0.2) is 32.8 Å². The summed E-state index contributed by atoms with van der Waals surface area (Å²) in [6, 6.07) is 14.8. The Morgan fingerprint density at radius 1 is 1.08 bits per heavy atom. The molecule has 4 aromatic rings. The first-order valence-electron chi connectivity index (χ1n) is 12.8. The number of nitrogens with two attached hydrogens (primary N) is 1. The number of hydrogen-bond donors (Lipinski definition) is 2. The van der Waals surface area contributed by atoms with E-state index in [1.54, 1.807) is 11.0 Å². The molecule has 3 N–H and O–H groups in total. The van der Waals surface area contributed by atoms with E-state index in [0.29, 0.717) is 28.6 Å². The van der Waals surface area contributed by atoms with Gasteiger partial charge in [0.05, 0.1) is 5.69 Å². The molecule has 0 unspecified atom stereocenters. The van der Waals surface area contributed by atoms with Gasteiger partial charge in [0.1, 0.15) is 16.9 Å². The van der Waals surface area contributed by atoms with Gasteiger partial charge in [0.15, 0.2) is 5.82 Å². The van der Waals surface area contributed by atoms with Gasteiger partial charge in [-0.15, -0.1) is 5.10 Å². The summed E-state index contributed by atoms with van der Waals surface area (Å²) in [5, 5.41) is 15.5. The van der Waals surface area contributed by atoms with Gasteiger partial charge in [-0.3, -0.25) is 9.69 Å². The van der Waals surface area contributed by atoms with Crippen LogP contribution in [0, 0.1) is 11.8 Å². The van der Waals surface area contributed by atoms with E-state index in [4.69, 9.17) is 10.2 Å². The number of nitrogens with zero attached hydrogens (tertiary/aromatic N) is 3. The number of carbonyl (C=O) groups is 2. The van der Waals surface area contributed by atoms with E-state index in [9.17, 15) is 14.7 Å². The van der Waals surface area contributed by atoms with E-state index in [1.165, 1.54) is 10.9 Å². The summed E-state index contributed by atoms with van der Waals surface area (Å²) in [5.74, 6) is 0.239. The number of aromatic nitrogens is 2. The van der Waals surface area contributed by atoms with Gasteiger partial charge < -0.3 is 15.3 Å². The zero-order chi connectivity index (χ0) is 26.3. The third kappa shape index (κ3) is 4.83. The number of carboxylic acid groups (broad SMARTS) is 1. The van der Waals surface area contributed by atoms with Gasteiger partial charge in [-0.25, -0.2) is 9.48 Å². The molecule has 1 fully saturated rings. The summed E-state index contributed by atoms with van der Waals surface area (Å²) >= 11 is 0. The van der Waals surface area contributed by atoms with Crippen molar-refractivity contribution in [2.75, 3.05) is 10.6 Å². The maximum absolute atomic E-state index is 13.5. The van der Waals surface area contributed by atoms with E-state index in [1.807, 2.05) is 56.3 Å². The van der Waals surface area contributed by atoms with Crippen molar-refractivity contribution < 1.29 is 19.1 Å². The minimum absolute atomic E-state index is 0.00479. The molecule has 0 bridgehead atoms. The second kappa shape index (κ2) is 9.76. The Bertz CT molecular complexity index is 1440. The molecule has 0 spiro atoms. The van der Waals surface area contributed by atoms with Crippen molar-refractivity contribution in [1.82, 2.24) is 9.78 Å². The number of amides is 1. The zero-order valence-corrected chi connectivity index (χ0v) is 21.3. The number of fused-ring (bicyclic) bond motifs is 1. The second-order valence-electron chi connectivity index (χ2n) is 10.3.